The number of hydrogen-bond donors (Lipinski definition) is 0. The van der Waals surface area contributed by atoms with E-state index in [2.05, 4.69) is 11.7 Å². The normalized spacial score (nSPS) is 14.7. The van der Waals surface area contributed by atoms with Crippen molar-refractivity contribution < 1.29 is 13.2 Å². The van der Waals surface area contributed by atoms with E-state index in [-0.39, 0.29) is 0 Å². The molecule has 0 saturated heterocycles. The van der Waals surface area contributed by atoms with Crippen molar-refractivity contribution in [1.29, 1.82) is 0 Å². The molecule has 2 heterocycles. The van der Waals surface area contributed by atoms with Gasteiger partial charge in [-0.15, -0.1) is 0 Å². The Hall–Kier alpha value is -3.51. The molecule has 0 N–H and O–H groups in total. The Balaban J connectivity index is 1.70. The van der Waals surface area contributed by atoms with Crippen LogP contribution in [0.15, 0.2) is 97.5 Å². The molecule has 0 atom stereocenters. The number of alkyl halides is 3. The molecule has 1 aromatic heterocycles. The van der Waals surface area contributed by atoms with Gasteiger partial charge < -0.3 is 4.90 Å². The van der Waals surface area contributed by atoms with Gasteiger partial charge >= 0.3 is 6.18 Å². The van der Waals surface area contributed by atoms with Gasteiger partial charge in [0.15, 0.2) is 0 Å². The van der Waals surface area contributed by atoms with Crippen LogP contribution in [0.5, 0.6) is 0 Å². The van der Waals surface area contributed by atoms with E-state index in [9.17, 15) is 13.2 Å². The minimum absolute atomic E-state index is 0.635. The lowest BCUT2D eigenvalue weighted by Gasteiger charge is -2.28. The van der Waals surface area contributed by atoms with E-state index < -0.39 is 11.7 Å². The molecular formula is C25H19ClF3N3. The maximum atomic E-state index is 13.0. The van der Waals surface area contributed by atoms with Crippen LogP contribution in [-0.2, 0) is 6.18 Å². The molecule has 0 aliphatic carbocycles. The zero-order valence-corrected chi connectivity index (χ0v) is 17.9. The van der Waals surface area contributed by atoms with Crippen LogP contribution < -0.4 is 0 Å². The van der Waals surface area contributed by atoms with Crippen LogP contribution in [0.2, 0.25) is 5.02 Å². The van der Waals surface area contributed by atoms with E-state index >= 15 is 0 Å². The summed E-state index contributed by atoms with van der Waals surface area (Å²) in [7, 11) is 0. The largest absolute Gasteiger partial charge is 0.416 e. The van der Waals surface area contributed by atoms with Crippen molar-refractivity contribution in [2.75, 3.05) is 0 Å². The SMILES string of the molecule is C=C1C=CC(c2ccnn2-c2ccc(Cl)cc2)=CN1/C(=C\C)c1ccc(C(F)(F)F)cc1. The van der Waals surface area contributed by atoms with Gasteiger partial charge in [-0.05, 0) is 67.1 Å². The first-order chi connectivity index (χ1) is 15.3. The molecule has 7 heteroatoms. The Bertz CT molecular complexity index is 1230. The van der Waals surface area contributed by atoms with Gasteiger partial charge in [0.2, 0.25) is 0 Å². The number of allylic oxidation sites excluding steroid dienone is 4. The molecule has 0 bridgehead atoms. The Kier molecular flexibility index (Phi) is 5.80. The molecular weight excluding hydrogens is 435 g/mol. The van der Waals surface area contributed by atoms with Crippen LogP contribution in [0.1, 0.15) is 23.7 Å². The fourth-order valence-corrected chi connectivity index (χ4v) is 3.62. The van der Waals surface area contributed by atoms with Crippen molar-refractivity contribution in [1.82, 2.24) is 14.7 Å². The molecule has 162 valence electrons. The molecule has 4 rings (SSSR count). The van der Waals surface area contributed by atoms with Crippen molar-refractivity contribution in [2.45, 2.75) is 13.1 Å². The van der Waals surface area contributed by atoms with E-state index in [4.69, 9.17) is 11.6 Å². The van der Waals surface area contributed by atoms with Crippen LogP contribution in [0, 0.1) is 0 Å². The minimum Gasteiger partial charge on any atom is -0.317 e. The molecule has 0 amide bonds. The van der Waals surface area contributed by atoms with Crippen LogP contribution >= 0.6 is 11.6 Å². The summed E-state index contributed by atoms with van der Waals surface area (Å²) in [4.78, 5) is 1.86. The Morgan fingerprint density at radius 1 is 1.00 bits per heavy atom. The van der Waals surface area contributed by atoms with E-state index in [1.54, 1.807) is 23.0 Å². The second-order valence-electron chi connectivity index (χ2n) is 7.13. The topological polar surface area (TPSA) is 21.1 Å². The van der Waals surface area contributed by atoms with Crippen molar-refractivity contribution in [2.24, 2.45) is 0 Å². The summed E-state index contributed by atoms with van der Waals surface area (Å²) >= 11 is 6.00. The quantitative estimate of drug-likeness (QED) is 0.412. The predicted molar refractivity (Wildman–Crippen MR) is 122 cm³/mol. The molecule has 0 spiro atoms. The Morgan fingerprint density at radius 2 is 1.69 bits per heavy atom. The van der Waals surface area contributed by atoms with Crippen molar-refractivity contribution in [3.8, 4) is 5.69 Å². The lowest BCUT2D eigenvalue weighted by molar-refractivity contribution is -0.137. The molecule has 2 aromatic carbocycles. The summed E-state index contributed by atoms with van der Waals surface area (Å²) in [5.74, 6) is 0. The molecule has 0 unspecified atom stereocenters. The van der Waals surface area contributed by atoms with Gasteiger partial charge in [-0.25, -0.2) is 4.68 Å². The predicted octanol–water partition coefficient (Wildman–Crippen LogP) is 7.33. The molecule has 0 fully saturated rings. The number of halogens is 4. The van der Waals surface area contributed by atoms with Gasteiger partial charge in [-0.2, -0.15) is 18.3 Å². The lowest BCUT2D eigenvalue weighted by atomic mass is 10.0. The van der Waals surface area contributed by atoms with Crippen LogP contribution in [0.4, 0.5) is 13.2 Å². The second kappa shape index (κ2) is 8.55. The average molecular weight is 454 g/mol. The first kappa shape index (κ1) is 21.7. The maximum absolute atomic E-state index is 13.0. The van der Waals surface area contributed by atoms with Crippen LogP contribution in [-0.4, -0.2) is 14.7 Å². The van der Waals surface area contributed by atoms with Gasteiger partial charge in [-0.1, -0.05) is 36.4 Å². The summed E-state index contributed by atoms with van der Waals surface area (Å²) in [5.41, 5.74) is 3.96. The van der Waals surface area contributed by atoms with Crippen LogP contribution in [0.3, 0.4) is 0 Å². The standard InChI is InChI=1S/C25H19ClF3N3/c1-3-23(18-6-8-20(9-7-18)25(27,28)29)31-16-19(5-4-17(31)2)24-14-15-30-32(24)22-12-10-21(26)11-13-22/h3-16H,2H2,1H3/b23-3-. The molecule has 1 aliphatic heterocycles. The smallest absolute Gasteiger partial charge is 0.317 e. The summed E-state index contributed by atoms with van der Waals surface area (Å²) in [6, 6.07) is 14.3. The first-order valence-electron chi connectivity index (χ1n) is 9.80. The minimum atomic E-state index is -4.38. The number of hydrogen-bond acceptors (Lipinski definition) is 2. The first-order valence-corrected chi connectivity index (χ1v) is 10.2. The number of aromatic nitrogens is 2. The van der Waals surface area contributed by atoms with Gasteiger partial charge in [0.05, 0.1) is 23.1 Å². The van der Waals surface area contributed by atoms with Crippen molar-refractivity contribution >= 4 is 22.9 Å². The van der Waals surface area contributed by atoms with E-state index in [0.29, 0.717) is 16.3 Å². The Morgan fingerprint density at radius 3 is 2.31 bits per heavy atom. The van der Waals surface area contributed by atoms with Gasteiger partial charge in [0.1, 0.15) is 0 Å². The third-order valence-corrected chi connectivity index (χ3v) is 5.34. The van der Waals surface area contributed by atoms with Crippen molar-refractivity contribution in [3.63, 3.8) is 0 Å². The lowest BCUT2D eigenvalue weighted by Crippen LogP contribution is -2.17. The molecule has 0 radical (unpaired) electrons. The number of benzene rings is 2. The molecule has 3 aromatic rings. The third kappa shape index (κ3) is 4.27. The Labute approximate surface area is 189 Å². The summed E-state index contributed by atoms with van der Waals surface area (Å²) in [5, 5.41) is 5.06. The van der Waals surface area contributed by atoms with E-state index in [1.165, 1.54) is 12.1 Å². The van der Waals surface area contributed by atoms with Crippen LogP contribution in [0.25, 0.3) is 17.0 Å². The summed E-state index contributed by atoms with van der Waals surface area (Å²) in [6.45, 7) is 5.93. The van der Waals surface area contributed by atoms with Gasteiger partial charge in [0, 0.05) is 28.2 Å². The summed E-state index contributed by atoms with van der Waals surface area (Å²) < 4.78 is 40.7. The number of rotatable bonds is 4. The van der Waals surface area contributed by atoms with Gasteiger partial charge in [0.25, 0.3) is 0 Å². The fraction of sp³-hybridized carbons (Fsp3) is 0.0800. The van der Waals surface area contributed by atoms with E-state index in [1.807, 2.05) is 54.5 Å². The molecule has 1 aliphatic rings. The highest BCUT2D eigenvalue weighted by atomic mass is 35.5. The highest BCUT2D eigenvalue weighted by Crippen LogP contribution is 2.34. The highest BCUT2D eigenvalue weighted by Gasteiger charge is 2.30. The number of nitrogens with zero attached hydrogens (tertiary/aromatic N) is 3. The summed E-state index contributed by atoms with van der Waals surface area (Å²) in [6.07, 6.45) is 4.87. The second-order valence-corrected chi connectivity index (χ2v) is 7.57. The maximum Gasteiger partial charge on any atom is 0.416 e. The van der Waals surface area contributed by atoms with Crippen molar-refractivity contribution in [3.05, 3.63) is 119 Å². The molecule has 32 heavy (non-hydrogen) atoms. The zero-order valence-electron chi connectivity index (χ0n) is 17.1. The highest BCUT2D eigenvalue weighted by molar-refractivity contribution is 6.30. The fourth-order valence-electron chi connectivity index (χ4n) is 3.49. The van der Waals surface area contributed by atoms with Gasteiger partial charge in [-0.3, -0.25) is 0 Å². The molecule has 0 saturated carbocycles. The molecule has 3 nitrogen and oxygen atoms in total. The monoisotopic (exact) mass is 453 g/mol. The average Bonchev–Trinajstić information content (AvgIpc) is 3.26. The van der Waals surface area contributed by atoms with E-state index in [0.717, 1.165) is 34.8 Å². The zero-order chi connectivity index (χ0) is 22.9. The third-order valence-electron chi connectivity index (χ3n) is 5.08.